The van der Waals surface area contributed by atoms with Gasteiger partial charge in [-0.1, -0.05) is 41.9 Å². The summed E-state index contributed by atoms with van der Waals surface area (Å²) in [5.74, 6) is -0.372. The van der Waals surface area contributed by atoms with Gasteiger partial charge in [0.15, 0.2) is 0 Å². The van der Waals surface area contributed by atoms with Gasteiger partial charge in [-0.2, -0.15) is 0 Å². The number of amides is 2. The normalized spacial score (nSPS) is 18.4. The molecule has 0 bridgehead atoms. The minimum Gasteiger partial charge on any atom is -0.380 e. The predicted octanol–water partition coefficient (Wildman–Crippen LogP) is 3.39. The first kappa shape index (κ1) is 23.5. The quantitative estimate of drug-likeness (QED) is 0.483. The van der Waals surface area contributed by atoms with Crippen molar-refractivity contribution >= 4 is 39.3 Å². The number of carbonyl (C=O) groups excluding carboxylic acids is 2. The van der Waals surface area contributed by atoms with E-state index in [1.54, 1.807) is 32.2 Å². The van der Waals surface area contributed by atoms with Crippen LogP contribution < -0.4 is 5.69 Å². The molecule has 6 rings (SSSR count). The Kier molecular flexibility index (Phi) is 5.81. The maximum absolute atomic E-state index is 14.0. The van der Waals surface area contributed by atoms with Gasteiger partial charge in [-0.3, -0.25) is 18.7 Å². The van der Waals surface area contributed by atoms with E-state index in [1.807, 2.05) is 35.2 Å². The van der Waals surface area contributed by atoms with Crippen LogP contribution in [0.3, 0.4) is 0 Å². The Bertz CT molecular complexity index is 1430. The van der Waals surface area contributed by atoms with Crippen LogP contribution in [0.15, 0.2) is 57.8 Å². The third-order valence-corrected chi connectivity index (χ3v) is 8.49. The Morgan fingerprint density at radius 3 is 2.50 bits per heavy atom. The highest BCUT2D eigenvalue weighted by Crippen LogP contribution is 2.35. The number of imidazole rings is 1. The van der Waals surface area contributed by atoms with Crippen LogP contribution in [0.5, 0.6) is 0 Å². The largest absolute Gasteiger partial charge is 0.380 e. The van der Waals surface area contributed by atoms with Crippen LogP contribution in [0.4, 0.5) is 0 Å². The van der Waals surface area contributed by atoms with Crippen LogP contribution in [0.25, 0.3) is 0 Å². The van der Waals surface area contributed by atoms with Gasteiger partial charge in [0.1, 0.15) is 5.69 Å². The van der Waals surface area contributed by atoms with Crippen molar-refractivity contribution < 1.29 is 14.3 Å². The molecule has 0 aliphatic carbocycles. The lowest BCUT2D eigenvalue weighted by atomic mass is 9.85. The van der Waals surface area contributed by atoms with Gasteiger partial charge in [0.25, 0.3) is 11.8 Å². The molecular weight excluding hydrogens is 548 g/mol. The summed E-state index contributed by atoms with van der Waals surface area (Å²) in [6.45, 7) is 3.28. The monoisotopic (exact) mass is 570 g/mol. The van der Waals surface area contributed by atoms with Crippen molar-refractivity contribution in [2.75, 3.05) is 26.3 Å². The lowest BCUT2D eigenvalue weighted by molar-refractivity contribution is -0.129. The number of aromatic nitrogens is 2. The van der Waals surface area contributed by atoms with E-state index in [2.05, 4.69) is 15.9 Å². The number of halogens is 2. The van der Waals surface area contributed by atoms with E-state index in [-0.39, 0.29) is 29.5 Å². The number of hydrogen-bond acceptors (Lipinski definition) is 4. The maximum Gasteiger partial charge on any atom is 0.329 e. The van der Waals surface area contributed by atoms with Gasteiger partial charge in [-0.15, -0.1) is 0 Å². The molecule has 0 unspecified atom stereocenters. The third-order valence-electron chi connectivity index (χ3n) is 7.26. The molecule has 1 aromatic heterocycles. The Morgan fingerprint density at radius 2 is 1.81 bits per heavy atom. The van der Waals surface area contributed by atoms with Gasteiger partial charge >= 0.3 is 5.69 Å². The summed E-state index contributed by atoms with van der Waals surface area (Å²) in [5, 5.41) is 0.451. The van der Waals surface area contributed by atoms with Gasteiger partial charge in [0.05, 0.1) is 35.9 Å². The van der Waals surface area contributed by atoms with Crippen LogP contribution in [0.2, 0.25) is 5.02 Å². The predicted molar refractivity (Wildman–Crippen MR) is 137 cm³/mol. The summed E-state index contributed by atoms with van der Waals surface area (Å²) >= 11 is 9.57. The highest BCUT2D eigenvalue weighted by atomic mass is 79.9. The van der Waals surface area contributed by atoms with E-state index >= 15 is 0 Å². The lowest BCUT2D eigenvalue weighted by Gasteiger charge is -2.42. The average Bonchev–Trinajstić information content (AvgIpc) is 3.05. The highest BCUT2D eigenvalue weighted by molar-refractivity contribution is 9.10. The number of hydrogen-bond donors (Lipinski definition) is 0. The van der Waals surface area contributed by atoms with E-state index < -0.39 is 0 Å². The third kappa shape index (κ3) is 3.90. The molecule has 1 spiro atoms. The van der Waals surface area contributed by atoms with Gasteiger partial charge in [-0.05, 0) is 39.7 Å². The summed E-state index contributed by atoms with van der Waals surface area (Å²) in [5.41, 5.74) is 1.97. The summed E-state index contributed by atoms with van der Waals surface area (Å²) in [7, 11) is 0. The van der Waals surface area contributed by atoms with E-state index in [9.17, 15) is 14.4 Å². The molecule has 8 nitrogen and oxygen atoms in total. The van der Waals surface area contributed by atoms with Crippen molar-refractivity contribution in [2.45, 2.75) is 26.2 Å². The van der Waals surface area contributed by atoms with Crippen molar-refractivity contribution in [2.24, 2.45) is 5.41 Å². The Labute approximate surface area is 221 Å². The van der Waals surface area contributed by atoms with Crippen molar-refractivity contribution in [3.63, 3.8) is 0 Å². The van der Waals surface area contributed by atoms with E-state index in [0.29, 0.717) is 72.4 Å². The lowest BCUT2D eigenvalue weighted by Crippen LogP contribution is -2.53. The molecule has 4 heterocycles. The second-order valence-electron chi connectivity index (χ2n) is 9.81. The zero-order chi connectivity index (χ0) is 25.0. The van der Waals surface area contributed by atoms with E-state index in [1.165, 1.54) is 0 Å². The molecule has 0 saturated carbocycles. The zero-order valence-corrected chi connectivity index (χ0v) is 21.8. The number of ether oxygens (including phenoxy) is 1. The first-order valence-electron chi connectivity index (χ1n) is 11.8. The number of rotatable bonds is 3. The van der Waals surface area contributed by atoms with E-state index in [0.717, 1.165) is 5.56 Å². The standard InChI is InChI=1S/C26H24BrClN4O4/c27-19-7-6-18(10-20(19)28)23(33)29-8-9-31-21(12-29)22-24(34)30(11-17-4-2-1-3-5-17)13-26(15-36-16-26)14-32(22)25(31)35/h1-7,10H,8-9,11-16H2. The van der Waals surface area contributed by atoms with Crippen LogP contribution >= 0.6 is 27.5 Å². The van der Waals surface area contributed by atoms with Gasteiger partial charge in [-0.25, -0.2) is 4.79 Å². The minimum absolute atomic E-state index is 0.179. The zero-order valence-electron chi connectivity index (χ0n) is 19.5. The van der Waals surface area contributed by atoms with Gasteiger partial charge < -0.3 is 14.5 Å². The summed E-state index contributed by atoms with van der Waals surface area (Å²) < 4.78 is 9.54. The summed E-state index contributed by atoms with van der Waals surface area (Å²) in [4.78, 5) is 44.2. The summed E-state index contributed by atoms with van der Waals surface area (Å²) in [6, 6.07) is 14.9. The molecule has 36 heavy (non-hydrogen) atoms. The van der Waals surface area contributed by atoms with Crippen LogP contribution in [-0.4, -0.2) is 57.1 Å². The van der Waals surface area contributed by atoms with Crippen molar-refractivity contribution in [3.05, 3.63) is 91.0 Å². The Hall–Kier alpha value is -2.88. The molecule has 0 N–H and O–H groups in total. The molecular formula is C26H24BrClN4O4. The van der Waals surface area contributed by atoms with Crippen LogP contribution in [-0.2, 0) is 30.9 Å². The first-order valence-corrected chi connectivity index (χ1v) is 13.0. The number of fused-ring (bicyclic) bond motifs is 3. The van der Waals surface area contributed by atoms with E-state index in [4.69, 9.17) is 16.3 Å². The smallest absolute Gasteiger partial charge is 0.329 e. The maximum atomic E-state index is 14.0. The second kappa shape index (κ2) is 8.90. The van der Waals surface area contributed by atoms with Gasteiger partial charge in [0.2, 0.25) is 0 Å². The topological polar surface area (TPSA) is 76.8 Å². The molecule has 2 aromatic carbocycles. The molecule has 0 atom stereocenters. The number of carbonyl (C=O) groups is 2. The number of benzene rings is 2. The molecule has 3 aliphatic rings. The van der Waals surface area contributed by atoms with Crippen LogP contribution in [0, 0.1) is 5.41 Å². The Balaban J connectivity index is 1.37. The molecule has 3 aliphatic heterocycles. The highest BCUT2D eigenvalue weighted by Gasteiger charge is 2.47. The van der Waals surface area contributed by atoms with Crippen molar-refractivity contribution in [1.29, 1.82) is 0 Å². The Morgan fingerprint density at radius 1 is 1.03 bits per heavy atom. The molecule has 2 amide bonds. The fraction of sp³-hybridized carbons (Fsp3) is 0.346. The minimum atomic E-state index is -0.291. The fourth-order valence-corrected chi connectivity index (χ4v) is 5.83. The average molecular weight is 572 g/mol. The van der Waals surface area contributed by atoms with Crippen molar-refractivity contribution in [3.8, 4) is 0 Å². The van der Waals surface area contributed by atoms with Crippen LogP contribution in [0.1, 0.15) is 32.1 Å². The molecule has 0 radical (unpaired) electrons. The molecule has 10 heteroatoms. The number of nitrogens with zero attached hydrogens (tertiary/aromatic N) is 4. The molecule has 3 aromatic rings. The first-order chi connectivity index (χ1) is 17.3. The second-order valence-corrected chi connectivity index (χ2v) is 11.1. The fourth-order valence-electron chi connectivity index (χ4n) is 5.40. The van der Waals surface area contributed by atoms with Crippen molar-refractivity contribution in [1.82, 2.24) is 18.9 Å². The summed E-state index contributed by atoms with van der Waals surface area (Å²) in [6.07, 6.45) is 0. The molecule has 1 fully saturated rings. The molecule has 186 valence electrons. The van der Waals surface area contributed by atoms with Gasteiger partial charge in [0, 0.05) is 42.8 Å². The molecule has 1 saturated heterocycles. The SMILES string of the molecule is O=C(c1ccc(Br)c(Cl)c1)N1CCn2c(c3n(c2=O)CC2(COC2)CN(Cc2ccccc2)C3=O)C1.